The molecule has 0 amide bonds. The predicted molar refractivity (Wildman–Crippen MR) is 108 cm³/mol. The molecule has 7 heteroatoms. The van der Waals surface area contributed by atoms with Crippen molar-refractivity contribution < 1.29 is 23.8 Å². The largest absolute Gasteiger partial charge is 0.493 e. The van der Waals surface area contributed by atoms with E-state index in [0.29, 0.717) is 27.4 Å². The van der Waals surface area contributed by atoms with Gasteiger partial charge < -0.3 is 14.2 Å². The highest BCUT2D eigenvalue weighted by atomic mass is 32.2. The maximum atomic E-state index is 12.1. The number of benzene rings is 2. The van der Waals surface area contributed by atoms with Crippen LogP contribution in [0.4, 0.5) is 0 Å². The molecule has 1 aliphatic heterocycles. The first-order valence-corrected chi connectivity index (χ1v) is 10.5. The molecule has 1 heterocycles. The summed E-state index contributed by atoms with van der Waals surface area (Å²) < 4.78 is 16.6. The van der Waals surface area contributed by atoms with Gasteiger partial charge in [-0.1, -0.05) is 6.07 Å². The van der Waals surface area contributed by atoms with Gasteiger partial charge in [0.15, 0.2) is 23.9 Å². The van der Waals surface area contributed by atoms with E-state index in [4.69, 9.17) is 14.2 Å². The fraction of sp³-hybridized carbons (Fsp3) is 0.300. The van der Waals surface area contributed by atoms with Crippen LogP contribution in [0.3, 0.4) is 0 Å². The lowest BCUT2D eigenvalue weighted by molar-refractivity contribution is -0.136. The molecule has 0 radical (unpaired) electrons. The Balaban J connectivity index is 1.59. The van der Waals surface area contributed by atoms with Crippen LogP contribution in [0, 0.1) is 0 Å². The zero-order valence-corrected chi connectivity index (χ0v) is 16.7. The smallest absolute Gasteiger partial charge is 0.349 e. The lowest BCUT2D eigenvalue weighted by atomic mass is 10.1. The topological polar surface area (TPSA) is 61.8 Å². The first-order chi connectivity index (χ1) is 13.1. The standard InChI is InChI=1S/C20H20O5S2/c1-13(21)14-3-6-16(7-4-14)24-12-19(22)25-17-8-5-15(11-18(17)23-2)20-26-9-10-27-20/h3-8,11,20H,9-10,12H2,1-2H3. The highest BCUT2D eigenvalue weighted by molar-refractivity contribution is 8.19. The number of rotatable bonds is 7. The number of esters is 1. The van der Waals surface area contributed by atoms with E-state index in [1.165, 1.54) is 6.92 Å². The van der Waals surface area contributed by atoms with Gasteiger partial charge in [-0.2, -0.15) is 0 Å². The lowest BCUT2D eigenvalue weighted by Crippen LogP contribution is -2.18. The summed E-state index contributed by atoms with van der Waals surface area (Å²) >= 11 is 3.80. The molecule has 0 bridgehead atoms. The van der Waals surface area contributed by atoms with E-state index in [1.54, 1.807) is 37.4 Å². The quantitative estimate of drug-likeness (QED) is 0.386. The Bertz CT molecular complexity index is 814. The van der Waals surface area contributed by atoms with Crippen molar-refractivity contribution in [1.82, 2.24) is 0 Å². The number of carbonyl (C=O) groups is 2. The Morgan fingerprint density at radius 1 is 1.04 bits per heavy atom. The maximum Gasteiger partial charge on any atom is 0.349 e. The Morgan fingerprint density at radius 2 is 1.74 bits per heavy atom. The predicted octanol–water partition coefficient (Wildman–Crippen LogP) is 4.36. The van der Waals surface area contributed by atoms with E-state index in [-0.39, 0.29) is 12.4 Å². The van der Waals surface area contributed by atoms with Crippen LogP contribution in [-0.4, -0.2) is 37.0 Å². The van der Waals surface area contributed by atoms with Crippen LogP contribution in [-0.2, 0) is 4.79 Å². The summed E-state index contributed by atoms with van der Waals surface area (Å²) in [6, 6.07) is 12.2. The molecule has 0 aromatic heterocycles. The fourth-order valence-corrected chi connectivity index (χ4v) is 5.38. The van der Waals surface area contributed by atoms with Gasteiger partial charge in [-0.3, -0.25) is 4.79 Å². The first-order valence-electron chi connectivity index (χ1n) is 8.42. The van der Waals surface area contributed by atoms with Gasteiger partial charge in [0.05, 0.1) is 11.7 Å². The molecule has 0 saturated carbocycles. The zero-order chi connectivity index (χ0) is 19.2. The highest BCUT2D eigenvalue weighted by Crippen LogP contribution is 2.46. The summed E-state index contributed by atoms with van der Waals surface area (Å²) in [4.78, 5) is 23.4. The Labute approximate surface area is 166 Å². The molecule has 0 aliphatic carbocycles. The van der Waals surface area contributed by atoms with Gasteiger partial charge in [-0.25, -0.2) is 4.79 Å². The molecule has 2 aromatic carbocycles. The monoisotopic (exact) mass is 404 g/mol. The van der Waals surface area contributed by atoms with Crippen LogP contribution in [0.25, 0.3) is 0 Å². The minimum absolute atomic E-state index is 0.0223. The molecule has 0 atom stereocenters. The van der Waals surface area contributed by atoms with Gasteiger partial charge in [0.25, 0.3) is 0 Å². The summed E-state index contributed by atoms with van der Waals surface area (Å²) in [7, 11) is 1.55. The molecule has 142 valence electrons. The van der Waals surface area contributed by atoms with Crippen molar-refractivity contribution in [1.29, 1.82) is 0 Å². The summed E-state index contributed by atoms with van der Waals surface area (Å²) in [5.41, 5.74) is 1.74. The number of methoxy groups -OCH3 is 1. The molecule has 0 unspecified atom stereocenters. The fourth-order valence-electron chi connectivity index (χ4n) is 2.55. The molecular weight excluding hydrogens is 384 g/mol. The maximum absolute atomic E-state index is 12.1. The van der Waals surface area contributed by atoms with Crippen LogP contribution in [0.5, 0.6) is 17.2 Å². The molecule has 27 heavy (non-hydrogen) atoms. The molecule has 1 aliphatic rings. The number of hydrogen-bond donors (Lipinski definition) is 0. The van der Waals surface area contributed by atoms with Crippen LogP contribution in [0.2, 0.25) is 0 Å². The molecule has 5 nitrogen and oxygen atoms in total. The number of ketones is 1. The summed E-state index contributed by atoms with van der Waals surface area (Å²) in [6.45, 7) is 1.26. The van der Waals surface area contributed by atoms with Gasteiger partial charge in [-0.15, -0.1) is 23.5 Å². The Kier molecular flexibility index (Phi) is 6.68. The molecule has 1 fully saturated rings. The second-order valence-electron chi connectivity index (χ2n) is 5.83. The van der Waals surface area contributed by atoms with E-state index in [2.05, 4.69) is 0 Å². The third-order valence-corrected chi connectivity index (χ3v) is 7.03. The highest BCUT2D eigenvalue weighted by Gasteiger charge is 2.20. The molecule has 3 rings (SSSR count). The lowest BCUT2D eigenvalue weighted by Gasteiger charge is -2.14. The molecule has 2 aromatic rings. The van der Waals surface area contributed by atoms with Crippen molar-refractivity contribution in [3.8, 4) is 17.2 Å². The van der Waals surface area contributed by atoms with Gasteiger partial charge in [-0.05, 0) is 48.9 Å². The second-order valence-corrected chi connectivity index (χ2v) is 8.55. The van der Waals surface area contributed by atoms with Crippen molar-refractivity contribution in [2.24, 2.45) is 0 Å². The van der Waals surface area contributed by atoms with Crippen LogP contribution in [0.1, 0.15) is 27.4 Å². The third-order valence-electron chi connectivity index (χ3n) is 3.92. The van der Waals surface area contributed by atoms with E-state index < -0.39 is 5.97 Å². The van der Waals surface area contributed by atoms with Gasteiger partial charge in [0, 0.05) is 17.1 Å². The van der Waals surface area contributed by atoms with Crippen molar-refractivity contribution in [3.05, 3.63) is 53.6 Å². The van der Waals surface area contributed by atoms with Crippen molar-refractivity contribution in [2.75, 3.05) is 25.2 Å². The van der Waals surface area contributed by atoms with E-state index in [1.807, 2.05) is 35.7 Å². The van der Waals surface area contributed by atoms with Crippen molar-refractivity contribution in [3.63, 3.8) is 0 Å². The molecule has 1 saturated heterocycles. The van der Waals surface area contributed by atoms with E-state index in [0.717, 1.165) is 17.1 Å². The number of thioether (sulfide) groups is 2. The average molecular weight is 405 g/mol. The molecule has 0 N–H and O–H groups in total. The minimum atomic E-state index is -0.527. The summed E-state index contributed by atoms with van der Waals surface area (Å²) in [5, 5.41) is 0. The van der Waals surface area contributed by atoms with Gasteiger partial charge in [0.2, 0.25) is 0 Å². The number of Topliss-reactive ketones (excluding diaryl/α,β-unsaturated/α-hetero) is 1. The summed E-state index contributed by atoms with van der Waals surface area (Å²) in [5.74, 6) is 3.12. The van der Waals surface area contributed by atoms with E-state index >= 15 is 0 Å². The number of ether oxygens (including phenoxy) is 3. The first kappa shape index (κ1) is 19.6. The Morgan fingerprint density at radius 3 is 2.37 bits per heavy atom. The van der Waals surface area contributed by atoms with Gasteiger partial charge in [0.1, 0.15) is 5.75 Å². The van der Waals surface area contributed by atoms with E-state index in [9.17, 15) is 9.59 Å². The van der Waals surface area contributed by atoms with Crippen LogP contribution >= 0.6 is 23.5 Å². The Hall–Kier alpha value is -2.12. The van der Waals surface area contributed by atoms with Crippen molar-refractivity contribution in [2.45, 2.75) is 11.5 Å². The average Bonchev–Trinajstić information content (AvgIpc) is 3.22. The second kappa shape index (κ2) is 9.19. The van der Waals surface area contributed by atoms with Crippen LogP contribution in [0.15, 0.2) is 42.5 Å². The molecule has 0 spiro atoms. The zero-order valence-electron chi connectivity index (χ0n) is 15.1. The third kappa shape index (κ3) is 5.20. The summed E-state index contributed by atoms with van der Waals surface area (Å²) in [6.07, 6.45) is 0. The van der Waals surface area contributed by atoms with Crippen molar-refractivity contribution >= 4 is 35.3 Å². The SMILES string of the molecule is COc1cc(C2SCCS2)ccc1OC(=O)COc1ccc(C(C)=O)cc1. The number of hydrogen-bond acceptors (Lipinski definition) is 7. The van der Waals surface area contributed by atoms with Crippen LogP contribution < -0.4 is 14.2 Å². The molecular formula is C20H20O5S2. The van der Waals surface area contributed by atoms with Gasteiger partial charge >= 0.3 is 5.97 Å². The normalized spacial score (nSPS) is 14.0. The minimum Gasteiger partial charge on any atom is -0.493 e. The number of carbonyl (C=O) groups excluding carboxylic acids is 2.